The summed E-state index contributed by atoms with van der Waals surface area (Å²) in [4.78, 5) is 36.5. The Bertz CT molecular complexity index is 628. The van der Waals surface area contributed by atoms with Gasteiger partial charge in [0.05, 0.1) is 12.0 Å². The highest BCUT2D eigenvalue weighted by Crippen LogP contribution is 2.23. The molecule has 7 nitrogen and oxygen atoms in total. The Labute approximate surface area is 161 Å². The maximum Gasteiger partial charge on any atom is 0.242 e. The molecule has 150 valence electrons. The third-order valence-corrected chi connectivity index (χ3v) is 4.63. The fraction of sp³-hybridized carbons (Fsp3) is 0.550. The molecule has 0 saturated carbocycles. The lowest BCUT2D eigenvalue weighted by molar-refractivity contribution is -0.168. The Hall–Kier alpha value is -2.41. The topological polar surface area (TPSA) is 98.7 Å². The van der Waals surface area contributed by atoms with Crippen molar-refractivity contribution in [1.82, 2.24) is 15.7 Å². The van der Waals surface area contributed by atoms with E-state index >= 15 is 0 Å². The van der Waals surface area contributed by atoms with Gasteiger partial charge in [0.25, 0.3) is 0 Å². The zero-order valence-corrected chi connectivity index (χ0v) is 16.7. The number of hydrogen-bond donors (Lipinski definition) is 3. The van der Waals surface area contributed by atoms with E-state index in [2.05, 4.69) is 10.6 Å². The van der Waals surface area contributed by atoms with Gasteiger partial charge >= 0.3 is 0 Å². The fourth-order valence-electron chi connectivity index (χ4n) is 3.07. The number of carbonyl (C=O) groups excluding carboxylic acids is 3. The standard InChI is InChI=1S/C20H31N3O4/c1-6-16(23(27)13-24)15(12-14-10-8-7-9-11-14)18(25)22-17(19(26)21-5)20(2,3)4/h7-11,13,15-17,27H,6,12H2,1-5H3,(H,21,26)(H,22,25)/t15-,16+,17-/m1/s1. The third kappa shape index (κ3) is 6.36. The van der Waals surface area contributed by atoms with E-state index in [0.717, 1.165) is 5.56 Å². The molecule has 0 aromatic heterocycles. The first-order valence-electron chi connectivity index (χ1n) is 9.14. The molecule has 0 unspecified atom stereocenters. The molecular formula is C20H31N3O4. The molecule has 0 radical (unpaired) electrons. The summed E-state index contributed by atoms with van der Waals surface area (Å²) in [6.45, 7) is 7.38. The number of nitrogens with one attached hydrogen (secondary N) is 2. The Morgan fingerprint density at radius 2 is 1.78 bits per heavy atom. The van der Waals surface area contributed by atoms with Gasteiger partial charge in [-0.2, -0.15) is 0 Å². The van der Waals surface area contributed by atoms with E-state index in [0.29, 0.717) is 24.3 Å². The van der Waals surface area contributed by atoms with Crippen molar-refractivity contribution in [3.8, 4) is 0 Å². The minimum Gasteiger partial charge on any atom is -0.357 e. The first-order chi connectivity index (χ1) is 12.6. The van der Waals surface area contributed by atoms with Crippen LogP contribution in [0.15, 0.2) is 30.3 Å². The molecule has 0 saturated heterocycles. The van der Waals surface area contributed by atoms with E-state index in [9.17, 15) is 19.6 Å². The second kappa shape index (κ2) is 10.1. The number of hydrogen-bond acceptors (Lipinski definition) is 4. The fourth-order valence-corrected chi connectivity index (χ4v) is 3.07. The monoisotopic (exact) mass is 377 g/mol. The number of amides is 3. The first-order valence-corrected chi connectivity index (χ1v) is 9.14. The van der Waals surface area contributed by atoms with Crippen LogP contribution in [0.2, 0.25) is 0 Å². The van der Waals surface area contributed by atoms with E-state index in [4.69, 9.17) is 0 Å². The second-order valence-corrected chi connectivity index (χ2v) is 7.68. The molecule has 1 aromatic carbocycles. The Balaban J connectivity index is 3.17. The maximum atomic E-state index is 13.1. The van der Waals surface area contributed by atoms with Gasteiger partial charge in [-0.15, -0.1) is 0 Å². The van der Waals surface area contributed by atoms with Crippen molar-refractivity contribution in [3.05, 3.63) is 35.9 Å². The van der Waals surface area contributed by atoms with Crippen molar-refractivity contribution in [2.45, 2.75) is 52.6 Å². The summed E-state index contributed by atoms with van der Waals surface area (Å²) in [7, 11) is 1.52. The molecule has 0 heterocycles. The summed E-state index contributed by atoms with van der Waals surface area (Å²) in [6, 6.07) is 7.93. The van der Waals surface area contributed by atoms with Crippen LogP contribution >= 0.6 is 0 Å². The van der Waals surface area contributed by atoms with Crippen LogP contribution in [-0.2, 0) is 20.8 Å². The third-order valence-electron chi connectivity index (χ3n) is 4.63. The number of nitrogens with zero attached hydrogens (tertiary/aromatic N) is 1. The molecule has 3 atom stereocenters. The van der Waals surface area contributed by atoms with E-state index in [-0.39, 0.29) is 11.8 Å². The molecule has 1 rings (SSSR count). The Kier molecular flexibility index (Phi) is 8.43. The van der Waals surface area contributed by atoms with Gasteiger partial charge in [0.15, 0.2) is 0 Å². The van der Waals surface area contributed by atoms with Gasteiger partial charge in [0.2, 0.25) is 18.2 Å². The molecule has 0 aliphatic carbocycles. The summed E-state index contributed by atoms with van der Waals surface area (Å²) in [5.41, 5.74) is 0.404. The summed E-state index contributed by atoms with van der Waals surface area (Å²) in [6.07, 6.45) is 1.03. The maximum absolute atomic E-state index is 13.1. The van der Waals surface area contributed by atoms with Gasteiger partial charge in [0, 0.05) is 7.05 Å². The first kappa shape index (κ1) is 22.6. The molecule has 27 heavy (non-hydrogen) atoms. The van der Waals surface area contributed by atoms with Crippen LogP contribution in [-0.4, -0.2) is 47.6 Å². The second-order valence-electron chi connectivity index (χ2n) is 7.68. The van der Waals surface area contributed by atoms with Crippen molar-refractivity contribution < 1.29 is 19.6 Å². The molecular weight excluding hydrogens is 346 g/mol. The van der Waals surface area contributed by atoms with Crippen LogP contribution in [0.5, 0.6) is 0 Å². The quantitative estimate of drug-likeness (QED) is 0.347. The van der Waals surface area contributed by atoms with E-state index in [1.165, 1.54) is 7.05 Å². The largest absolute Gasteiger partial charge is 0.357 e. The molecule has 3 N–H and O–H groups in total. The number of carbonyl (C=O) groups is 3. The average molecular weight is 377 g/mol. The van der Waals surface area contributed by atoms with Crippen molar-refractivity contribution in [3.63, 3.8) is 0 Å². The highest BCUT2D eigenvalue weighted by molar-refractivity contribution is 5.89. The average Bonchev–Trinajstić information content (AvgIpc) is 2.64. The lowest BCUT2D eigenvalue weighted by atomic mass is 9.84. The smallest absolute Gasteiger partial charge is 0.242 e. The van der Waals surface area contributed by atoms with Crippen LogP contribution in [0, 0.1) is 11.3 Å². The molecule has 7 heteroatoms. The van der Waals surface area contributed by atoms with Crippen LogP contribution < -0.4 is 10.6 Å². The summed E-state index contributed by atoms with van der Waals surface area (Å²) < 4.78 is 0. The predicted molar refractivity (Wildman–Crippen MR) is 103 cm³/mol. The summed E-state index contributed by atoms with van der Waals surface area (Å²) in [5, 5.41) is 15.9. The van der Waals surface area contributed by atoms with Gasteiger partial charge in [-0.3, -0.25) is 19.6 Å². The molecule has 0 fully saturated rings. The molecule has 0 spiro atoms. The van der Waals surface area contributed by atoms with E-state index < -0.39 is 23.4 Å². The molecule has 3 amide bonds. The Morgan fingerprint density at radius 1 is 1.19 bits per heavy atom. The Morgan fingerprint density at radius 3 is 2.22 bits per heavy atom. The normalized spacial score (nSPS) is 14.6. The van der Waals surface area contributed by atoms with Crippen LogP contribution in [0.1, 0.15) is 39.7 Å². The molecule has 0 bridgehead atoms. The van der Waals surface area contributed by atoms with Gasteiger partial charge in [-0.1, -0.05) is 58.0 Å². The number of likely N-dealkylation sites (N-methyl/N-ethyl adjacent to an activating group) is 1. The van der Waals surface area contributed by atoms with E-state index in [1.807, 2.05) is 51.1 Å². The minimum absolute atomic E-state index is 0.293. The van der Waals surface area contributed by atoms with Gasteiger partial charge in [-0.25, -0.2) is 5.06 Å². The van der Waals surface area contributed by atoms with Crippen LogP contribution in [0.3, 0.4) is 0 Å². The molecule has 1 aromatic rings. The lowest BCUT2D eigenvalue weighted by Gasteiger charge is -2.34. The van der Waals surface area contributed by atoms with Crippen molar-refractivity contribution in [1.29, 1.82) is 0 Å². The highest BCUT2D eigenvalue weighted by Gasteiger charge is 2.37. The minimum atomic E-state index is -0.742. The summed E-state index contributed by atoms with van der Waals surface area (Å²) in [5.74, 6) is -1.38. The molecule has 0 aliphatic rings. The van der Waals surface area contributed by atoms with Crippen LogP contribution in [0.4, 0.5) is 0 Å². The van der Waals surface area contributed by atoms with Crippen LogP contribution in [0.25, 0.3) is 0 Å². The lowest BCUT2D eigenvalue weighted by Crippen LogP contribution is -2.56. The van der Waals surface area contributed by atoms with E-state index in [1.54, 1.807) is 6.92 Å². The predicted octanol–water partition coefficient (Wildman–Crippen LogP) is 1.75. The molecule has 0 aliphatic heterocycles. The zero-order chi connectivity index (χ0) is 20.6. The van der Waals surface area contributed by atoms with Crippen molar-refractivity contribution in [2.24, 2.45) is 11.3 Å². The number of benzene rings is 1. The van der Waals surface area contributed by atoms with Gasteiger partial charge < -0.3 is 10.6 Å². The van der Waals surface area contributed by atoms with Gasteiger partial charge in [0.1, 0.15) is 6.04 Å². The summed E-state index contributed by atoms with van der Waals surface area (Å²) >= 11 is 0. The SMILES string of the molecule is CC[C@@H]([C@@H](Cc1ccccc1)C(=O)N[C@H](C(=O)NC)C(C)(C)C)N(O)C=O. The van der Waals surface area contributed by atoms with Gasteiger partial charge in [-0.05, 0) is 23.8 Å². The van der Waals surface area contributed by atoms with Crippen molar-refractivity contribution >= 4 is 18.2 Å². The highest BCUT2D eigenvalue weighted by atomic mass is 16.5. The van der Waals surface area contributed by atoms with Crippen molar-refractivity contribution in [2.75, 3.05) is 7.05 Å². The number of rotatable bonds is 9. The zero-order valence-electron chi connectivity index (χ0n) is 16.7. The number of hydroxylamine groups is 2.